The van der Waals surface area contributed by atoms with Crippen molar-refractivity contribution in [3.63, 3.8) is 0 Å². The summed E-state index contributed by atoms with van der Waals surface area (Å²) in [7, 11) is 1.65. The van der Waals surface area contributed by atoms with Crippen molar-refractivity contribution in [1.82, 2.24) is 10.1 Å². The molecule has 0 aliphatic rings. The summed E-state index contributed by atoms with van der Waals surface area (Å²) in [5.74, 6) is 1.42. The van der Waals surface area contributed by atoms with Gasteiger partial charge in [-0.3, -0.25) is 0 Å². The topological polar surface area (TPSA) is 60.2 Å². The Bertz CT molecular complexity index is 722. The Labute approximate surface area is 110 Å². The van der Waals surface area contributed by atoms with Gasteiger partial charge in [0.05, 0.1) is 7.11 Å². The van der Waals surface area contributed by atoms with E-state index in [1.54, 1.807) is 13.3 Å². The molecule has 0 atom stereocenters. The van der Waals surface area contributed by atoms with E-state index in [4.69, 9.17) is 9.26 Å². The summed E-state index contributed by atoms with van der Waals surface area (Å²) in [6, 6.07) is 9.50. The van der Waals surface area contributed by atoms with Gasteiger partial charge in [0.25, 0.3) is 0 Å². The van der Waals surface area contributed by atoms with E-state index in [9.17, 15) is 0 Å². The van der Waals surface area contributed by atoms with Crippen LogP contribution in [0.4, 0.5) is 11.5 Å². The highest BCUT2D eigenvalue weighted by molar-refractivity contribution is 5.85. The molecule has 5 nitrogen and oxygen atoms in total. The zero-order valence-electron chi connectivity index (χ0n) is 10.7. The summed E-state index contributed by atoms with van der Waals surface area (Å²) in [6.45, 7) is 2.00. The first-order valence-electron chi connectivity index (χ1n) is 5.90. The third kappa shape index (κ3) is 2.10. The Hall–Kier alpha value is -2.56. The number of methoxy groups -OCH3 is 1. The zero-order valence-corrected chi connectivity index (χ0v) is 10.7. The fraction of sp³-hybridized carbons (Fsp3) is 0.143. The molecule has 0 amide bonds. The molecular weight excluding hydrogens is 242 g/mol. The Morgan fingerprint density at radius 3 is 3.00 bits per heavy atom. The molecule has 0 bridgehead atoms. The monoisotopic (exact) mass is 255 g/mol. The lowest BCUT2D eigenvalue weighted by Crippen LogP contribution is -1.94. The summed E-state index contributed by atoms with van der Waals surface area (Å²) in [5.41, 5.74) is 3.32. The van der Waals surface area contributed by atoms with Crippen LogP contribution >= 0.6 is 0 Å². The molecule has 0 aliphatic carbocycles. The Morgan fingerprint density at radius 2 is 2.16 bits per heavy atom. The minimum atomic E-state index is 0.599. The van der Waals surface area contributed by atoms with E-state index in [0.29, 0.717) is 16.9 Å². The highest BCUT2D eigenvalue weighted by Crippen LogP contribution is 2.27. The minimum Gasteiger partial charge on any atom is -0.496 e. The number of aryl methyl sites for hydroxylation is 1. The average molecular weight is 255 g/mol. The normalized spacial score (nSPS) is 10.6. The van der Waals surface area contributed by atoms with Crippen LogP contribution in [0.25, 0.3) is 11.1 Å². The lowest BCUT2D eigenvalue weighted by Gasteiger charge is -2.08. The molecule has 0 saturated heterocycles. The smallest absolute Gasteiger partial charge is 0.200 e. The molecule has 1 aromatic carbocycles. The van der Waals surface area contributed by atoms with Crippen molar-refractivity contribution < 1.29 is 9.26 Å². The third-order valence-corrected chi connectivity index (χ3v) is 2.90. The number of nitrogens with zero attached hydrogens (tertiary/aromatic N) is 2. The quantitative estimate of drug-likeness (QED) is 0.778. The highest BCUT2D eigenvalue weighted by atomic mass is 16.5. The number of fused-ring (bicyclic) bond motifs is 1. The fourth-order valence-electron chi connectivity index (χ4n) is 1.90. The van der Waals surface area contributed by atoms with Gasteiger partial charge < -0.3 is 14.6 Å². The molecule has 3 aromatic rings. The predicted octanol–water partition coefficient (Wildman–Crippen LogP) is 3.28. The number of nitrogens with one attached hydrogen (secondary N) is 1. The first-order valence-corrected chi connectivity index (χ1v) is 5.90. The van der Waals surface area contributed by atoms with Crippen LogP contribution < -0.4 is 10.1 Å². The lowest BCUT2D eigenvalue weighted by molar-refractivity contribution is 0.412. The van der Waals surface area contributed by atoms with Crippen molar-refractivity contribution in [2.45, 2.75) is 6.92 Å². The van der Waals surface area contributed by atoms with Gasteiger partial charge in [-0.05, 0) is 30.7 Å². The average Bonchev–Trinajstić information content (AvgIpc) is 2.84. The van der Waals surface area contributed by atoms with Crippen molar-refractivity contribution in [3.05, 3.63) is 42.1 Å². The molecule has 5 heteroatoms. The van der Waals surface area contributed by atoms with E-state index < -0.39 is 0 Å². The number of ether oxygens (including phenoxy) is 1. The second-order valence-electron chi connectivity index (χ2n) is 4.19. The Balaban J connectivity index is 1.97. The van der Waals surface area contributed by atoms with Gasteiger partial charge in [0.15, 0.2) is 11.1 Å². The van der Waals surface area contributed by atoms with E-state index in [1.165, 1.54) is 0 Å². The van der Waals surface area contributed by atoms with Crippen LogP contribution in [0.1, 0.15) is 5.56 Å². The maximum atomic E-state index is 5.29. The first-order chi connectivity index (χ1) is 9.28. The van der Waals surface area contributed by atoms with Gasteiger partial charge in [-0.25, -0.2) is 4.98 Å². The summed E-state index contributed by atoms with van der Waals surface area (Å²) >= 11 is 0. The second kappa shape index (κ2) is 4.61. The van der Waals surface area contributed by atoms with Crippen molar-refractivity contribution in [3.8, 4) is 5.75 Å². The van der Waals surface area contributed by atoms with Gasteiger partial charge >= 0.3 is 0 Å². The number of benzene rings is 1. The fourth-order valence-corrected chi connectivity index (χ4v) is 1.90. The standard InChI is InChI=1S/C14H13N3O2/c1-9-5-6-10(8-12(9)18-2)16-14-13-11(19-17-14)4-3-7-15-13/h3-8H,1-2H3,(H,16,17). The van der Waals surface area contributed by atoms with Gasteiger partial charge in [0.1, 0.15) is 5.75 Å². The Morgan fingerprint density at radius 1 is 1.26 bits per heavy atom. The number of aromatic nitrogens is 2. The second-order valence-corrected chi connectivity index (χ2v) is 4.19. The maximum absolute atomic E-state index is 5.29. The summed E-state index contributed by atoms with van der Waals surface area (Å²) in [4.78, 5) is 4.25. The van der Waals surface area contributed by atoms with Crippen LogP contribution in [-0.2, 0) is 0 Å². The van der Waals surface area contributed by atoms with E-state index in [-0.39, 0.29) is 0 Å². The molecule has 1 N–H and O–H groups in total. The van der Waals surface area contributed by atoms with Crippen LogP contribution in [0.15, 0.2) is 41.1 Å². The van der Waals surface area contributed by atoms with E-state index in [0.717, 1.165) is 17.0 Å². The van der Waals surface area contributed by atoms with Gasteiger partial charge in [-0.2, -0.15) is 0 Å². The highest BCUT2D eigenvalue weighted by Gasteiger charge is 2.09. The van der Waals surface area contributed by atoms with Crippen LogP contribution in [-0.4, -0.2) is 17.3 Å². The number of hydrogen-bond donors (Lipinski definition) is 1. The summed E-state index contributed by atoms with van der Waals surface area (Å²) < 4.78 is 10.5. The number of hydrogen-bond acceptors (Lipinski definition) is 5. The first kappa shape index (κ1) is 11.5. The lowest BCUT2D eigenvalue weighted by atomic mass is 10.2. The predicted molar refractivity (Wildman–Crippen MR) is 72.8 cm³/mol. The number of rotatable bonds is 3. The van der Waals surface area contributed by atoms with Gasteiger partial charge in [-0.15, -0.1) is 0 Å². The molecule has 0 radical (unpaired) electrons. The van der Waals surface area contributed by atoms with E-state index in [1.807, 2.05) is 37.3 Å². The van der Waals surface area contributed by atoms with Gasteiger partial charge in [-0.1, -0.05) is 11.2 Å². The van der Waals surface area contributed by atoms with Gasteiger partial charge in [0.2, 0.25) is 5.82 Å². The van der Waals surface area contributed by atoms with Crippen molar-refractivity contribution in [2.24, 2.45) is 0 Å². The molecule has 0 fully saturated rings. The molecule has 0 unspecified atom stereocenters. The molecule has 2 heterocycles. The van der Waals surface area contributed by atoms with Gasteiger partial charge in [0, 0.05) is 18.0 Å². The SMILES string of the molecule is COc1cc(Nc2noc3cccnc23)ccc1C. The molecule has 2 aromatic heterocycles. The largest absolute Gasteiger partial charge is 0.496 e. The zero-order chi connectivity index (χ0) is 13.2. The number of pyridine rings is 1. The van der Waals surface area contributed by atoms with Crippen LogP contribution in [0.2, 0.25) is 0 Å². The van der Waals surface area contributed by atoms with Crippen molar-refractivity contribution in [2.75, 3.05) is 12.4 Å². The minimum absolute atomic E-state index is 0.599. The van der Waals surface area contributed by atoms with Crippen molar-refractivity contribution >= 4 is 22.6 Å². The molecule has 19 heavy (non-hydrogen) atoms. The molecule has 96 valence electrons. The summed E-state index contributed by atoms with van der Waals surface area (Å²) in [5, 5.41) is 7.16. The van der Waals surface area contributed by atoms with E-state index in [2.05, 4.69) is 15.5 Å². The Kier molecular flexibility index (Phi) is 2.79. The molecule has 3 rings (SSSR count). The summed E-state index contributed by atoms with van der Waals surface area (Å²) in [6.07, 6.45) is 1.71. The van der Waals surface area contributed by atoms with Crippen molar-refractivity contribution in [1.29, 1.82) is 0 Å². The van der Waals surface area contributed by atoms with Crippen LogP contribution in [0, 0.1) is 6.92 Å². The molecular formula is C14H13N3O2. The molecule has 0 spiro atoms. The molecule has 0 saturated carbocycles. The van der Waals surface area contributed by atoms with E-state index >= 15 is 0 Å². The third-order valence-electron chi connectivity index (χ3n) is 2.90. The molecule has 0 aliphatic heterocycles. The number of anilines is 2. The van der Waals surface area contributed by atoms with Crippen LogP contribution in [0.3, 0.4) is 0 Å². The van der Waals surface area contributed by atoms with Crippen LogP contribution in [0.5, 0.6) is 5.75 Å². The maximum Gasteiger partial charge on any atom is 0.200 e.